The van der Waals surface area contributed by atoms with E-state index in [0.717, 1.165) is 5.71 Å². The summed E-state index contributed by atoms with van der Waals surface area (Å²) in [7, 11) is 0. The maximum absolute atomic E-state index is 4.25. The normalized spacial score (nSPS) is 14.8. The van der Waals surface area contributed by atoms with E-state index in [1.54, 1.807) is 6.08 Å². The van der Waals surface area contributed by atoms with Gasteiger partial charge in [0.1, 0.15) is 0 Å². The summed E-state index contributed by atoms with van der Waals surface area (Å²) in [6, 6.07) is 0. The van der Waals surface area contributed by atoms with Crippen LogP contribution in [0.25, 0.3) is 0 Å². The standard InChI is InChI=1S/C11H19N/c1-7-10(3)12-8-9(2)11(4,5)6/h7-8H,1H2,2-6H3/b9-8+,12-10-. The molecule has 0 N–H and O–H groups in total. The van der Waals surface area contributed by atoms with E-state index in [9.17, 15) is 0 Å². The lowest BCUT2D eigenvalue weighted by Gasteiger charge is -2.18. The van der Waals surface area contributed by atoms with Crippen molar-refractivity contribution in [2.75, 3.05) is 0 Å². The van der Waals surface area contributed by atoms with Gasteiger partial charge in [0.25, 0.3) is 0 Å². The summed E-state index contributed by atoms with van der Waals surface area (Å²) >= 11 is 0. The van der Waals surface area contributed by atoms with Gasteiger partial charge in [0.2, 0.25) is 0 Å². The molecule has 0 aromatic rings. The second-order valence-corrected chi connectivity index (χ2v) is 4.04. The summed E-state index contributed by atoms with van der Waals surface area (Å²) in [5.41, 5.74) is 2.45. The van der Waals surface area contributed by atoms with Crippen LogP contribution in [0, 0.1) is 5.41 Å². The molecule has 1 heteroatoms. The molecule has 0 fully saturated rings. The molecule has 0 saturated heterocycles. The first kappa shape index (κ1) is 11.2. The van der Waals surface area contributed by atoms with E-state index in [4.69, 9.17) is 0 Å². The molecule has 0 heterocycles. The Balaban J connectivity index is 4.49. The van der Waals surface area contributed by atoms with Gasteiger partial charge in [-0.1, -0.05) is 27.4 Å². The first-order valence-electron chi connectivity index (χ1n) is 4.22. The summed E-state index contributed by atoms with van der Waals surface area (Å²) in [6.07, 6.45) is 3.67. The molecule has 1 nitrogen and oxygen atoms in total. The second kappa shape index (κ2) is 4.24. The first-order valence-corrected chi connectivity index (χ1v) is 4.22. The van der Waals surface area contributed by atoms with Gasteiger partial charge in [-0.15, -0.1) is 0 Å². The molecule has 0 aromatic heterocycles. The Labute approximate surface area is 75.9 Å². The molecular formula is C11H19N. The van der Waals surface area contributed by atoms with Gasteiger partial charge in [-0.25, -0.2) is 0 Å². The van der Waals surface area contributed by atoms with Gasteiger partial charge < -0.3 is 0 Å². The molecule has 0 aliphatic heterocycles. The van der Waals surface area contributed by atoms with Gasteiger partial charge in [0, 0.05) is 11.9 Å². The lowest BCUT2D eigenvalue weighted by Crippen LogP contribution is -2.05. The van der Waals surface area contributed by atoms with Crippen molar-refractivity contribution in [3.63, 3.8) is 0 Å². The van der Waals surface area contributed by atoms with Crippen LogP contribution in [-0.4, -0.2) is 5.71 Å². The van der Waals surface area contributed by atoms with Gasteiger partial charge in [0.05, 0.1) is 0 Å². The lowest BCUT2D eigenvalue weighted by atomic mass is 9.88. The molecule has 68 valence electrons. The third kappa shape index (κ3) is 4.12. The Morgan fingerprint density at radius 3 is 2.08 bits per heavy atom. The van der Waals surface area contributed by atoms with E-state index in [1.165, 1.54) is 5.57 Å². The monoisotopic (exact) mass is 165 g/mol. The van der Waals surface area contributed by atoms with Crippen molar-refractivity contribution in [1.29, 1.82) is 0 Å². The van der Waals surface area contributed by atoms with Crippen molar-refractivity contribution >= 4 is 5.71 Å². The summed E-state index contributed by atoms with van der Waals surface area (Å²) in [5, 5.41) is 0. The van der Waals surface area contributed by atoms with Gasteiger partial charge in [-0.2, -0.15) is 0 Å². The molecule has 0 saturated carbocycles. The highest BCUT2D eigenvalue weighted by atomic mass is 14.7. The topological polar surface area (TPSA) is 12.4 Å². The second-order valence-electron chi connectivity index (χ2n) is 4.04. The molecule has 0 radical (unpaired) electrons. The van der Waals surface area contributed by atoms with Crippen molar-refractivity contribution in [3.8, 4) is 0 Å². The number of allylic oxidation sites excluding steroid dienone is 2. The van der Waals surface area contributed by atoms with E-state index in [1.807, 2.05) is 13.1 Å². The zero-order chi connectivity index (χ0) is 9.78. The van der Waals surface area contributed by atoms with Crippen molar-refractivity contribution in [2.24, 2.45) is 10.4 Å². The summed E-state index contributed by atoms with van der Waals surface area (Å²) in [6.45, 7) is 14.2. The molecule has 0 aliphatic rings. The van der Waals surface area contributed by atoms with Crippen LogP contribution in [0.1, 0.15) is 34.6 Å². The highest BCUT2D eigenvalue weighted by Crippen LogP contribution is 2.23. The first-order chi connectivity index (χ1) is 5.38. The number of nitrogens with zero attached hydrogens (tertiary/aromatic N) is 1. The minimum absolute atomic E-state index is 0.213. The quantitative estimate of drug-likeness (QED) is 0.554. The van der Waals surface area contributed by atoms with E-state index in [2.05, 4.69) is 39.3 Å². The Hall–Kier alpha value is -0.850. The van der Waals surface area contributed by atoms with Crippen LogP contribution in [0.4, 0.5) is 0 Å². The zero-order valence-electron chi connectivity index (χ0n) is 8.81. The molecule has 0 unspecified atom stereocenters. The summed E-state index contributed by atoms with van der Waals surface area (Å²) < 4.78 is 0. The minimum atomic E-state index is 0.213. The fourth-order valence-corrected chi connectivity index (χ4v) is 0.445. The van der Waals surface area contributed by atoms with Gasteiger partial charge in [-0.3, -0.25) is 4.99 Å². The molecule has 0 amide bonds. The average Bonchev–Trinajstić information content (AvgIpc) is 1.97. The van der Waals surface area contributed by atoms with Crippen LogP contribution < -0.4 is 0 Å². The maximum atomic E-state index is 4.25. The molecule has 0 aromatic carbocycles. The van der Waals surface area contributed by atoms with Crippen LogP contribution in [0.3, 0.4) is 0 Å². The lowest BCUT2D eigenvalue weighted by molar-refractivity contribution is 0.502. The maximum Gasteiger partial charge on any atom is 0.0366 e. The SMILES string of the molecule is C=C/C(C)=N\C=C(/C)C(C)(C)C. The number of hydrogen-bond acceptors (Lipinski definition) is 1. The molecule has 0 rings (SSSR count). The summed E-state index contributed by atoms with van der Waals surface area (Å²) in [4.78, 5) is 4.25. The van der Waals surface area contributed by atoms with E-state index >= 15 is 0 Å². The highest BCUT2D eigenvalue weighted by molar-refractivity contribution is 5.92. The largest absolute Gasteiger partial charge is 0.262 e. The van der Waals surface area contributed by atoms with Gasteiger partial charge in [0.15, 0.2) is 0 Å². The minimum Gasteiger partial charge on any atom is -0.262 e. The van der Waals surface area contributed by atoms with Crippen molar-refractivity contribution in [2.45, 2.75) is 34.6 Å². The zero-order valence-corrected chi connectivity index (χ0v) is 8.81. The van der Waals surface area contributed by atoms with Crippen LogP contribution in [-0.2, 0) is 0 Å². The molecular weight excluding hydrogens is 146 g/mol. The molecule has 0 aliphatic carbocycles. The Kier molecular flexibility index (Phi) is 3.94. The predicted octanol–water partition coefficient (Wildman–Crippen LogP) is 3.58. The van der Waals surface area contributed by atoms with Crippen molar-refractivity contribution in [3.05, 3.63) is 24.4 Å². The fraction of sp³-hybridized carbons (Fsp3) is 0.545. The third-order valence-electron chi connectivity index (χ3n) is 1.94. The number of rotatable bonds is 2. The van der Waals surface area contributed by atoms with Gasteiger partial charge in [-0.05, 0) is 30.9 Å². The van der Waals surface area contributed by atoms with Crippen molar-refractivity contribution < 1.29 is 0 Å². The molecule has 0 spiro atoms. The van der Waals surface area contributed by atoms with Crippen LogP contribution >= 0.6 is 0 Å². The van der Waals surface area contributed by atoms with Crippen molar-refractivity contribution in [1.82, 2.24) is 0 Å². The molecule has 0 atom stereocenters. The Bertz CT molecular complexity index is 214. The Morgan fingerprint density at radius 2 is 1.75 bits per heavy atom. The average molecular weight is 165 g/mol. The molecule has 12 heavy (non-hydrogen) atoms. The van der Waals surface area contributed by atoms with Crippen LogP contribution in [0.5, 0.6) is 0 Å². The highest BCUT2D eigenvalue weighted by Gasteiger charge is 2.11. The van der Waals surface area contributed by atoms with Crippen LogP contribution in [0.2, 0.25) is 0 Å². The van der Waals surface area contributed by atoms with E-state index in [0.29, 0.717) is 0 Å². The number of hydrogen-bond donors (Lipinski definition) is 0. The molecule has 0 bridgehead atoms. The van der Waals surface area contributed by atoms with Crippen LogP contribution in [0.15, 0.2) is 29.4 Å². The summed E-state index contributed by atoms with van der Waals surface area (Å²) in [5.74, 6) is 0. The Morgan fingerprint density at radius 1 is 1.25 bits per heavy atom. The van der Waals surface area contributed by atoms with Gasteiger partial charge >= 0.3 is 0 Å². The van der Waals surface area contributed by atoms with E-state index in [-0.39, 0.29) is 5.41 Å². The fourth-order valence-electron chi connectivity index (χ4n) is 0.445. The number of aliphatic imine (C=N–C) groups is 1. The predicted molar refractivity (Wildman–Crippen MR) is 56.5 cm³/mol. The smallest absolute Gasteiger partial charge is 0.0366 e. The third-order valence-corrected chi connectivity index (χ3v) is 1.94. The van der Waals surface area contributed by atoms with E-state index < -0.39 is 0 Å².